The molecule has 26 heavy (non-hydrogen) atoms. The summed E-state index contributed by atoms with van der Waals surface area (Å²) in [6, 6.07) is 11.5. The Balaban J connectivity index is 1.48. The second-order valence-corrected chi connectivity index (χ2v) is 6.99. The number of hydrogen-bond acceptors (Lipinski definition) is 3. The predicted molar refractivity (Wildman–Crippen MR) is 103 cm³/mol. The average Bonchev–Trinajstić information content (AvgIpc) is 2.84. The molecule has 0 atom stereocenters. The first-order valence-electron chi connectivity index (χ1n) is 7.92. The molecule has 134 valence electrons. The van der Waals surface area contributed by atoms with Crippen molar-refractivity contribution in [1.29, 1.82) is 0 Å². The summed E-state index contributed by atoms with van der Waals surface area (Å²) >= 11 is 9.27. The normalized spacial score (nSPS) is 12.9. The Morgan fingerprint density at radius 3 is 2.58 bits per heavy atom. The van der Waals surface area contributed by atoms with Crippen LogP contribution in [0.4, 0.5) is 10.5 Å². The van der Waals surface area contributed by atoms with E-state index in [2.05, 4.69) is 26.6 Å². The minimum Gasteiger partial charge on any atom is -0.338 e. The number of rotatable bonds is 5. The second-order valence-electron chi connectivity index (χ2n) is 5.67. The molecule has 2 aromatic carbocycles. The number of halogens is 2. The lowest BCUT2D eigenvalue weighted by Gasteiger charge is -2.14. The summed E-state index contributed by atoms with van der Waals surface area (Å²) in [7, 11) is 0. The van der Waals surface area contributed by atoms with Gasteiger partial charge >= 0.3 is 6.03 Å². The largest absolute Gasteiger partial charge is 0.338 e. The van der Waals surface area contributed by atoms with Gasteiger partial charge in [-0.3, -0.25) is 14.5 Å². The Labute approximate surface area is 163 Å². The fraction of sp³-hybridized carbons (Fsp3) is 0.167. The smallest absolute Gasteiger partial charge is 0.319 e. The number of anilines is 1. The van der Waals surface area contributed by atoms with Crippen LogP contribution in [-0.4, -0.2) is 35.8 Å². The SMILES string of the molecule is O=C(NCCCN1C(=O)c2ccc(Br)cc2C1=O)Nc1ccccc1Cl. The van der Waals surface area contributed by atoms with Gasteiger partial charge in [0.15, 0.2) is 0 Å². The van der Waals surface area contributed by atoms with Gasteiger partial charge in [0.1, 0.15) is 0 Å². The number of fused-ring (bicyclic) bond motifs is 1. The van der Waals surface area contributed by atoms with E-state index in [9.17, 15) is 14.4 Å². The molecular formula is C18H15BrClN3O3. The molecule has 3 rings (SSSR count). The molecule has 6 nitrogen and oxygen atoms in total. The molecule has 8 heteroatoms. The number of urea groups is 1. The summed E-state index contributed by atoms with van der Waals surface area (Å²) in [5.74, 6) is -0.621. The van der Waals surface area contributed by atoms with Crippen LogP contribution in [0.5, 0.6) is 0 Å². The van der Waals surface area contributed by atoms with Crippen LogP contribution in [0.25, 0.3) is 0 Å². The standard InChI is InChI=1S/C18H15BrClN3O3/c19-11-6-7-12-13(10-11)17(25)23(16(12)24)9-3-8-21-18(26)22-15-5-2-1-4-14(15)20/h1-2,4-7,10H,3,8-9H2,(H2,21,22,26). The van der Waals surface area contributed by atoms with Crippen LogP contribution in [0.15, 0.2) is 46.9 Å². The van der Waals surface area contributed by atoms with Crippen molar-refractivity contribution in [2.75, 3.05) is 18.4 Å². The highest BCUT2D eigenvalue weighted by atomic mass is 79.9. The van der Waals surface area contributed by atoms with Crippen LogP contribution < -0.4 is 10.6 Å². The number of carbonyl (C=O) groups excluding carboxylic acids is 3. The maximum Gasteiger partial charge on any atom is 0.319 e. The molecule has 1 aliphatic rings. The lowest BCUT2D eigenvalue weighted by molar-refractivity contribution is 0.0653. The summed E-state index contributed by atoms with van der Waals surface area (Å²) < 4.78 is 0.747. The van der Waals surface area contributed by atoms with E-state index in [0.29, 0.717) is 34.8 Å². The molecule has 0 aliphatic carbocycles. The average molecular weight is 437 g/mol. The van der Waals surface area contributed by atoms with E-state index in [0.717, 1.165) is 4.47 Å². The van der Waals surface area contributed by atoms with Crippen LogP contribution in [0.2, 0.25) is 5.02 Å². The first kappa shape index (κ1) is 18.4. The lowest BCUT2D eigenvalue weighted by atomic mass is 10.1. The Bertz CT molecular complexity index is 888. The molecule has 2 aromatic rings. The minimum absolute atomic E-state index is 0.232. The number of benzene rings is 2. The van der Waals surface area contributed by atoms with Gasteiger partial charge < -0.3 is 10.6 Å². The molecule has 0 aromatic heterocycles. The van der Waals surface area contributed by atoms with Crippen LogP contribution in [-0.2, 0) is 0 Å². The van der Waals surface area contributed by atoms with Crippen LogP contribution in [0.3, 0.4) is 0 Å². The first-order valence-corrected chi connectivity index (χ1v) is 9.09. The zero-order valence-electron chi connectivity index (χ0n) is 13.6. The highest BCUT2D eigenvalue weighted by Gasteiger charge is 2.34. The van der Waals surface area contributed by atoms with Gasteiger partial charge in [0.05, 0.1) is 21.8 Å². The fourth-order valence-electron chi connectivity index (χ4n) is 2.63. The molecule has 0 saturated carbocycles. The number of para-hydroxylation sites is 1. The third kappa shape index (κ3) is 3.89. The van der Waals surface area contributed by atoms with Crippen LogP contribution in [0, 0.1) is 0 Å². The monoisotopic (exact) mass is 435 g/mol. The minimum atomic E-state index is -0.399. The summed E-state index contributed by atoms with van der Waals surface area (Å²) in [6.45, 7) is 0.545. The van der Waals surface area contributed by atoms with Crippen molar-refractivity contribution in [2.45, 2.75) is 6.42 Å². The van der Waals surface area contributed by atoms with Gasteiger partial charge in [0.25, 0.3) is 11.8 Å². The van der Waals surface area contributed by atoms with E-state index >= 15 is 0 Å². The van der Waals surface area contributed by atoms with Crippen LogP contribution in [0.1, 0.15) is 27.1 Å². The molecule has 0 unspecified atom stereocenters. The summed E-state index contributed by atoms with van der Waals surface area (Å²) in [4.78, 5) is 37.7. The molecule has 2 N–H and O–H groups in total. The van der Waals surface area contributed by atoms with Crippen molar-refractivity contribution >= 4 is 51.1 Å². The third-order valence-electron chi connectivity index (χ3n) is 3.90. The molecule has 0 fully saturated rings. The summed E-state index contributed by atoms with van der Waals surface area (Å²) in [5, 5.41) is 5.76. The van der Waals surface area contributed by atoms with Gasteiger partial charge in [0, 0.05) is 17.6 Å². The number of amides is 4. The zero-order valence-corrected chi connectivity index (χ0v) is 15.9. The Kier molecular flexibility index (Phi) is 5.58. The Morgan fingerprint density at radius 2 is 1.81 bits per heavy atom. The van der Waals surface area contributed by atoms with E-state index in [1.165, 1.54) is 4.90 Å². The second kappa shape index (κ2) is 7.88. The molecule has 0 saturated heterocycles. The van der Waals surface area contributed by atoms with Crippen molar-refractivity contribution in [2.24, 2.45) is 0 Å². The number of nitrogens with zero attached hydrogens (tertiary/aromatic N) is 1. The number of nitrogens with one attached hydrogen (secondary N) is 2. The maximum atomic E-state index is 12.3. The highest BCUT2D eigenvalue weighted by Crippen LogP contribution is 2.26. The number of imide groups is 1. The van der Waals surface area contributed by atoms with Gasteiger partial charge in [-0.2, -0.15) is 0 Å². The van der Waals surface area contributed by atoms with E-state index in [-0.39, 0.29) is 18.4 Å². The summed E-state index contributed by atoms with van der Waals surface area (Å²) in [5.41, 5.74) is 1.31. The maximum absolute atomic E-state index is 12.3. The Morgan fingerprint density at radius 1 is 1.08 bits per heavy atom. The quantitative estimate of drug-likeness (QED) is 0.551. The number of carbonyl (C=O) groups is 3. The van der Waals surface area contributed by atoms with Gasteiger partial charge in [-0.25, -0.2) is 4.79 Å². The zero-order chi connectivity index (χ0) is 18.7. The highest BCUT2D eigenvalue weighted by molar-refractivity contribution is 9.10. The van der Waals surface area contributed by atoms with Crippen molar-refractivity contribution < 1.29 is 14.4 Å². The van der Waals surface area contributed by atoms with Crippen molar-refractivity contribution in [3.8, 4) is 0 Å². The van der Waals surface area contributed by atoms with E-state index in [1.54, 1.807) is 42.5 Å². The number of hydrogen-bond donors (Lipinski definition) is 2. The Hall–Kier alpha value is -2.38. The van der Waals surface area contributed by atoms with E-state index in [4.69, 9.17) is 11.6 Å². The predicted octanol–water partition coefficient (Wildman–Crippen LogP) is 3.91. The lowest BCUT2D eigenvalue weighted by Crippen LogP contribution is -2.35. The van der Waals surface area contributed by atoms with Gasteiger partial charge in [-0.05, 0) is 36.8 Å². The van der Waals surface area contributed by atoms with Crippen molar-refractivity contribution in [1.82, 2.24) is 10.2 Å². The molecule has 1 aliphatic heterocycles. The molecule has 1 heterocycles. The molecular weight excluding hydrogens is 422 g/mol. The molecule has 0 radical (unpaired) electrons. The van der Waals surface area contributed by atoms with Crippen LogP contribution >= 0.6 is 27.5 Å². The van der Waals surface area contributed by atoms with Gasteiger partial charge in [0.2, 0.25) is 0 Å². The van der Waals surface area contributed by atoms with E-state index in [1.807, 2.05) is 0 Å². The molecule has 0 bridgehead atoms. The molecule has 4 amide bonds. The summed E-state index contributed by atoms with van der Waals surface area (Å²) in [6.07, 6.45) is 0.447. The third-order valence-corrected chi connectivity index (χ3v) is 4.72. The topological polar surface area (TPSA) is 78.5 Å². The van der Waals surface area contributed by atoms with Crippen molar-refractivity contribution in [3.63, 3.8) is 0 Å². The molecule has 0 spiro atoms. The van der Waals surface area contributed by atoms with Gasteiger partial charge in [-0.1, -0.05) is 39.7 Å². The van der Waals surface area contributed by atoms with Crippen molar-refractivity contribution in [3.05, 3.63) is 63.1 Å². The van der Waals surface area contributed by atoms with E-state index < -0.39 is 6.03 Å². The first-order chi connectivity index (χ1) is 12.5. The van der Waals surface area contributed by atoms with Gasteiger partial charge in [-0.15, -0.1) is 0 Å². The fourth-order valence-corrected chi connectivity index (χ4v) is 3.18.